The van der Waals surface area contributed by atoms with Gasteiger partial charge >= 0.3 is 5.97 Å². The molecule has 0 unspecified atom stereocenters. The van der Waals surface area contributed by atoms with E-state index in [9.17, 15) is 9.59 Å². The summed E-state index contributed by atoms with van der Waals surface area (Å²) < 4.78 is 4.61. The standard InChI is InChI=1S/C9H12N2O4/c1-6-5-15-11-8(6)9(14)10-4-2-3-7(12)13/h5H,2-4H2,1H3,(H,10,14)(H,12,13). The minimum Gasteiger partial charge on any atom is -0.481 e. The zero-order chi connectivity index (χ0) is 11.3. The number of nitrogens with zero attached hydrogens (tertiary/aromatic N) is 1. The molecule has 1 amide bonds. The van der Waals surface area contributed by atoms with Crippen molar-refractivity contribution in [3.8, 4) is 0 Å². The molecule has 0 atom stereocenters. The molecule has 0 aliphatic carbocycles. The normalized spacial score (nSPS) is 9.93. The van der Waals surface area contributed by atoms with Crippen molar-refractivity contribution >= 4 is 11.9 Å². The maximum Gasteiger partial charge on any atom is 0.303 e. The molecule has 6 heteroatoms. The molecule has 0 spiro atoms. The van der Waals surface area contributed by atoms with Gasteiger partial charge in [0.25, 0.3) is 5.91 Å². The lowest BCUT2D eigenvalue weighted by Crippen LogP contribution is -2.25. The van der Waals surface area contributed by atoms with Crippen LogP contribution < -0.4 is 5.32 Å². The molecule has 1 rings (SSSR count). The third-order valence-electron chi connectivity index (χ3n) is 1.82. The second kappa shape index (κ2) is 5.14. The average Bonchev–Trinajstić information content (AvgIpc) is 2.58. The number of aryl methyl sites for hydroxylation is 1. The number of carboxylic acid groups (broad SMARTS) is 1. The van der Waals surface area contributed by atoms with Crippen LogP contribution in [0.3, 0.4) is 0 Å². The van der Waals surface area contributed by atoms with Crippen molar-refractivity contribution in [2.45, 2.75) is 19.8 Å². The van der Waals surface area contributed by atoms with Crippen LogP contribution >= 0.6 is 0 Å². The fourth-order valence-corrected chi connectivity index (χ4v) is 1.03. The largest absolute Gasteiger partial charge is 0.481 e. The van der Waals surface area contributed by atoms with Crippen LogP contribution in [-0.4, -0.2) is 28.7 Å². The number of carbonyl (C=O) groups is 2. The molecule has 0 bridgehead atoms. The molecule has 0 aliphatic rings. The van der Waals surface area contributed by atoms with Crippen LogP contribution in [0.25, 0.3) is 0 Å². The molecule has 1 heterocycles. The van der Waals surface area contributed by atoms with Crippen LogP contribution in [0.15, 0.2) is 10.8 Å². The van der Waals surface area contributed by atoms with E-state index in [2.05, 4.69) is 15.0 Å². The van der Waals surface area contributed by atoms with Gasteiger partial charge in [-0.25, -0.2) is 0 Å². The first-order chi connectivity index (χ1) is 7.11. The van der Waals surface area contributed by atoms with Gasteiger partial charge in [0.05, 0.1) is 0 Å². The van der Waals surface area contributed by atoms with Gasteiger partial charge in [-0.1, -0.05) is 5.16 Å². The molecule has 0 aliphatic heterocycles. The maximum atomic E-state index is 11.4. The highest BCUT2D eigenvalue weighted by molar-refractivity contribution is 5.93. The summed E-state index contributed by atoms with van der Waals surface area (Å²) in [5.74, 6) is -1.21. The highest BCUT2D eigenvalue weighted by Crippen LogP contribution is 2.03. The van der Waals surface area contributed by atoms with Gasteiger partial charge in [0.15, 0.2) is 5.69 Å². The van der Waals surface area contributed by atoms with Crippen molar-refractivity contribution in [3.63, 3.8) is 0 Å². The minimum atomic E-state index is -0.873. The van der Waals surface area contributed by atoms with Crippen molar-refractivity contribution in [1.29, 1.82) is 0 Å². The third-order valence-corrected chi connectivity index (χ3v) is 1.82. The molecule has 0 radical (unpaired) electrons. The van der Waals surface area contributed by atoms with E-state index in [1.165, 1.54) is 6.26 Å². The van der Waals surface area contributed by atoms with Crippen LogP contribution in [0, 0.1) is 6.92 Å². The Morgan fingerprint density at radius 3 is 2.87 bits per heavy atom. The van der Waals surface area contributed by atoms with Gasteiger partial charge in [0.2, 0.25) is 0 Å². The molecule has 1 aromatic rings. The van der Waals surface area contributed by atoms with E-state index >= 15 is 0 Å². The zero-order valence-electron chi connectivity index (χ0n) is 8.32. The average molecular weight is 212 g/mol. The number of aromatic nitrogens is 1. The Bertz CT molecular complexity index is 359. The summed E-state index contributed by atoms with van der Waals surface area (Å²) in [5.41, 5.74) is 0.899. The second-order valence-corrected chi connectivity index (χ2v) is 3.10. The van der Waals surface area contributed by atoms with Gasteiger partial charge in [-0.05, 0) is 13.3 Å². The number of carbonyl (C=O) groups excluding carboxylic acids is 1. The van der Waals surface area contributed by atoms with E-state index in [1.54, 1.807) is 6.92 Å². The van der Waals surface area contributed by atoms with Crippen LogP contribution in [0.1, 0.15) is 28.9 Å². The molecule has 2 N–H and O–H groups in total. The van der Waals surface area contributed by atoms with Crippen molar-refractivity contribution in [2.24, 2.45) is 0 Å². The molecule has 15 heavy (non-hydrogen) atoms. The molecule has 0 fully saturated rings. The Kier molecular flexibility index (Phi) is 3.84. The number of amides is 1. The number of aliphatic carboxylic acids is 1. The lowest BCUT2D eigenvalue weighted by Gasteiger charge is -2.01. The second-order valence-electron chi connectivity index (χ2n) is 3.10. The molecule has 0 saturated heterocycles. The van der Waals surface area contributed by atoms with E-state index in [0.29, 0.717) is 18.5 Å². The minimum absolute atomic E-state index is 0.0398. The van der Waals surface area contributed by atoms with Gasteiger partial charge in [0.1, 0.15) is 6.26 Å². The molecule has 82 valence electrons. The Labute approximate surface area is 86.3 Å². The molecule has 0 aromatic carbocycles. The molecule has 0 saturated carbocycles. The molecular weight excluding hydrogens is 200 g/mol. The summed E-state index contributed by atoms with van der Waals surface area (Å²) in [7, 11) is 0. The van der Waals surface area contributed by atoms with Crippen LogP contribution in [0.2, 0.25) is 0 Å². The third kappa shape index (κ3) is 3.41. The van der Waals surface area contributed by atoms with Crippen LogP contribution in [0.4, 0.5) is 0 Å². The number of rotatable bonds is 5. The van der Waals surface area contributed by atoms with E-state index in [0.717, 1.165) is 0 Å². The summed E-state index contributed by atoms with van der Waals surface area (Å²) in [6, 6.07) is 0. The van der Waals surface area contributed by atoms with Crippen molar-refractivity contribution in [2.75, 3.05) is 6.54 Å². The topological polar surface area (TPSA) is 92.4 Å². The Morgan fingerprint density at radius 2 is 2.33 bits per heavy atom. The van der Waals surface area contributed by atoms with Crippen LogP contribution in [-0.2, 0) is 4.79 Å². The fourth-order valence-electron chi connectivity index (χ4n) is 1.03. The SMILES string of the molecule is Cc1conc1C(=O)NCCCC(=O)O. The van der Waals surface area contributed by atoms with Crippen LogP contribution in [0.5, 0.6) is 0 Å². The first kappa shape index (κ1) is 11.2. The van der Waals surface area contributed by atoms with Gasteiger partial charge in [-0.2, -0.15) is 0 Å². The van der Waals surface area contributed by atoms with E-state index < -0.39 is 5.97 Å². The quantitative estimate of drug-likeness (QED) is 0.696. The molecular formula is C9H12N2O4. The Balaban J connectivity index is 2.31. The summed E-state index contributed by atoms with van der Waals surface area (Å²) in [6.45, 7) is 2.03. The smallest absolute Gasteiger partial charge is 0.303 e. The highest BCUT2D eigenvalue weighted by atomic mass is 16.5. The van der Waals surface area contributed by atoms with Gasteiger partial charge < -0.3 is 14.9 Å². The van der Waals surface area contributed by atoms with Crippen molar-refractivity contribution in [1.82, 2.24) is 10.5 Å². The number of hydrogen-bond acceptors (Lipinski definition) is 4. The highest BCUT2D eigenvalue weighted by Gasteiger charge is 2.12. The van der Waals surface area contributed by atoms with Crippen molar-refractivity contribution < 1.29 is 19.2 Å². The molecule has 6 nitrogen and oxygen atoms in total. The number of nitrogens with one attached hydrogen (secondary N) is 1. The lowest BCUT2D eigenvalue weighted by atomic mass is 10.2. The summed E-state index contributed by atoms with van der Waals surface area (Å²) in [5, 5.41) is 14.4. The molecule has 1 aromatic heterocycles. The van der Waals surface area contributed by atoms with Gasteiger partial charge in [-0.15, -0.1) is 0 Å². The monoisotopic (exact) mass is 212 g/mol. The van der Waals surface area contributed by atoms with Gasteiger partial charge in [-0.3, -0.25) is 9.59 Å². The van der Waals surface area contributed by atoms with E-state index in [4.69, 9.17) is 5.11 Å². The van der Waals surface area contributed by atoms with Crippen molar-refractivity contribution in [3.05, 3.63) is 17.5 Å². The zero-order valence-corrected chi connectivity index (χ0v) is 8.32. The Morgan fingerprint density at radius 1 is 1.60 bits per heavy atom. The first-order valence-electron chi connectivity index (χ1n) is 4.52. The lowest BCUT2D eigenvalue weighted by molar-refractivity contribution is -0.137. The number of hydrogen-bond donors (Lipinski definition) is 2. The first-order valence-corrected chi connectivity index (χ1v) is 4.52. The van der Waals surface area contributed by atoms with Gasteiger partial charge in [0, 0.05) is 18.5 Å². The predicted octanol–water partition coefficient (Wildman–Crippen LogP) is 0.578. The Hall–Kier alpha value is -1.85. The van der Waals surface area contributed by atoms with E-state index in [-0.39, 0.29) is 18.0 Å². The summed E-state index contributed by atoms with van der Waals surface area (Å²) in [4.78, 5) is 21.6. The summed E-state index contributed by atoms with van der Waals surface area (Å²) in [6.07, 6.45) is 1.82. The fraction of sp³-hybridized carbons (Fsp3) is 0.444. The predicted molar refractivity (Wildman–Crippen MR) is 50.4 cm³/mol. The maximum absolute atomic E-state index is 11.4. The summed E-state index contributed by atoms with van der Waals surface area (Å²) >= 11 is 0. The van der Waals surface area contributed by atoms with E-state index in [1.807, 2.05) is 0 Å². The number of carboxylic acids is 1.